The Labute approximate surface area is 179 Å². The topological polar surface area (TPSA) is 126 Å². The van der Waals surface area contributed by atoms with Crippen LogP contribution in [0.25, 0.3) is 16.9 Å². The van der Waals surface area contributed by atoms with E-state index in [1.807, 2.05) is 38.2 Å². The van der Waals surface area contributed by atoms with E-state index in [1.165, 1.54) is 0 Å². The zero-order chi connectivity index (χ0) is 22.1. The molecular weight excluding hydrogens is 393 g/mol. The van der Waals surface area contributed by atoms with Gasteiger partial charge in [-0.25, -0.2) is 9.97 Å². The van der Waals surface area contributed by atoms with Crippen molar-refractivity contribution in [3.05, 3.63) is 77.2 Å². The van der Waals surface area contributed by atoms with E-state index in [0.717, 1.165) is 27.9 Å². The largest absolute Gasteiger partial charge is 0.488 e. The number of rotatable bonds is 6. The summed E-state index contributed by atoms with van der Waals surface area (Å²) in [5.41, 5.74) is 10.6. The molecule has 9 heteroatoms. The first-order valence-electron chi connectivity index (χ1n) is 9.79. The number of carbonyl (C=O) groups excluding carboxylic acids is 1. The van der Waals surface area contributed by atoms with Crippen LogP contribution >= 0.6 is 0 Å². The number of carbonyl (C=O) groups is 1. The van der Waals surface area contributed by atoms with Crippen LogP contribution in [0.3, 0.4) is 0 Å². The average Bonchev–Trinajstić information content (AvgIpc) is 3.07. The molecular formula is C22H22BN5O3. The highest BCUT2D eigenvalue weighted by molar-refractivity contribution is 6.58. The van der Waals surface area contributed by atoms with Crippen LogP contribution in [0.15, 0.2) is 54.7 Å². The number of hydrogen-bond acceptors (Lipinski definition) is 6. The Balaban J connectivity index is 1.69. The maximum Gasteiger partial charge on any atom is 0.488 e. The lowest BCUT2D eigenvalue weighted by atomic mass is 9.80. The van der Waals surface area contributed by atoms with Crippen molar-refractivity contribution in [2.75, 3.05) is 5.32 Å². The molecule has 156 valence electrons. The molecule has 0 radical (unpaired) electrons. The number of nitrogens with zero attached hydrogens (tertiary/aromatic N) is 3. The minimum atomic E-state index is -1.51. The predicted molar refractivity (Wildman–Crippen MR) is 120 cm³/mol. The molecule has 5 N–H and O–H groups in total. The van der Waals surface area contributed by atoms with Crippen LogP contribution in [0.5, 0.6) is 0 Å². The Hall–Kier alpha value is -3.69. The first kappa shape index (κ1) is 20.6. The molecule has 31 heavy (non-hydrogen) atoms. The average molecular weight is 415 g/mol. The summed E-state index contributed by atoms with van der Waals surface area (Å²) in [6, 6.07) is 14.3. The van der Waals surface area contributed by atoms with Crippen LogP contribution in [0, 0.1) is 13.8 Å². The highest BCUT2D eigenvalue weighted by Crippen LogP contribution is 2.29. The van der Waals surface area contributed by atoms with Crippen LogP contribution in [0.4, 0.5) is 5.82 Å². The zero-order valence-corrected chi connectivity index (χ0v) is 17.2. The SMILES string of the molecule is Cc1cc(NCc2cccc(B(O)O)c2)nc(-c2c(C)cn3c(C(N)=O)cccc23)n1. The number of anilines is 1. The van der Waals surface area contributed by atoms with Gasteiger partial charge in [-0.05, 0) is 42.6 Å². The Morgan fingerprint density at radius 2 is 1.90 bits per heavy atom. The summed E-state index contributed by atoms with van der Waals surface area (Å²) in [7, 11) is -1.51. The number of aryl methyl sites for hydroxylation is 2. The van der Waals surface area contributed by atoms with E-state index in [0.29, 0.717) is 29.3 Å². The summed E-state index contributed by atoms with van der Waals surface area (Å²) in [6.07, 6.45) is 1.86. The predicted octanol–water partition coefficient (Wildman–Crippen LogP) is 1.40. The van der Waals surface area contributed by atoms with Gasteiger partial charge >= 0.3 is 7.12 Å². The van der Waals surface area contributed by atoms with Gasteiger partial charge in [-0.3, -0.25) is 4.79 Å². The summed E-state index contributed by atoms with van der Waals surface area (Å²) < 4.78 is 1.76. The molecule has 1 aromatic carbocycles. The van der Waals surface area contributed by atoms with Gasteiger partial charge in [-0.2, -0.15) is 0 Å². The molecule has 0 spiro atoms. The molecule has 0 atom stereocenters. The zero-order valence-electron chi connectivity index (χ0n) is 17.2. The molecule has 0 aliphatic heterocycles. The van der Waals surface area contributed by atoms with Gasteiger partial charge in [0.1, 0.15) is 11.5 Å². The van der Waals surface area contributed by atoms with Crippen LogP contribution < -0.4 is 16.5 Å². The highest BCUT2D eigenvalue weighted by Gasteiger charge is 2.17. The van der Waals surface area contributed by atoms with E-state index in [9.17, 15) is 14.8 Å². The van der Waals surface area contributed by atoms with Crippen LogP contribution in [-0.4, -0.2) is 37.4 Å². The van der Waals surface area contributed by atoms with E-state index in [4.69, 9.17) is 5.73 Å². The van der Waals surface area contributed by atoms with Crippen molar-refractivity contribution in [1.29, 1.82) is 0 Å². The molecule has 3 heterocycles. The van der Waals surface area contributed by atoms with Gasteiger partial charge in [0.05, 0.1) is 5.52 Å². The summed E-state index contributed by atoms with van der Waals surface area (Å²) in [4.78, 5) is 21.1. The number of nitrogens with two attached hydrogens (primary N) is 1. The van der Waals surface area contributed by atoms with Gasteiger partial charge in [0, 0.05) is 30.1 Å². The maximum absolute atomic E-state index is 11.8. The lowest BCUT2D eigenvalue weighted by molar-refractivity contribution is 0.0994. The second-order valence-corrected chi connectivity index (χ2v) is 7.41. The summed E-state index contributed by atoms with van der Waals surface area (Å²) in [5.74, 6) is 0.681. The van der Waals surface area contributed by atoms with Gasteiger partial charge in [0.25, 0.3) is 5.91 Å². The van der Waals surface area contributed by atoms with Crippen molar-refractivity contribution in [2.45, 2.75) is 20.4 Å². The number of benzene rings is 1. The quantitative estimate of drug-likeness (QED) is 0.353. The fourth-order valence-corrected chi connectivity index (χ4v) is 3.64. The van der Waals surface area contributed by atoms with E-state index in [-0.39, 0.29) is 0 Å². The molecule has 0 fully saturated rings. The standard InChI is InChI=1S/C22H22BN5O3/c1-13-12-28-17(7-4-8-18(28)21(24)29)20(13)22-26-14(2)9-19(27-22)25-11-15-5-3-6-16(10-15)23(30)31/h3-10,12,30-31H,11H2,1-2H3,(H2,24,29)(H,25,26,27). The van der Waals surface area contributed by atoms with Gasteiger partial charge < -0.3 is 25.5 Å². The smallest absolute Gasteiger partial charge is 0.423 e. The van der Waals surface area contributed by atoms with Gasteiger partial charge in [0.15, 0.2) is 5.82 Å². The first-order chi connectivity index (χ1) is 14.8. The Bertz CT molecular complexity index is 1290. The van der Waals surface area contributed by atoms with Crippen molar-refractivity contribution in [1.82, 2.24) is 14.4 Å². The van der Waals surface area contributed by atoms with Crippen LogP contribution in [0.1, 0.15) is 27.3 Å². The second kappa shape index (κ2) is 8.21. The summed E-state index contributed by atoms with van der Waals surface area (Å²) in [5, 5.41) is 22.0. The molecule has 0 saturated heterocycles. The first-order valence-corrected chi connectivity index (χ1v) is 9.79. The fraction of sp³-hybridized carbons (Fsp3) is 0.136. The molecule has 0 aliphatic rings. The third-order valence-electron chi connectivity index (χ3n) is 5.05. The molecule has 3 aromatic heterocycles. The van der Waals surface area contributed by atoms with Crippen molar-refractivity contribution < 1.29 is 14.8 Å². The van der Waals surface area contributed by atoms with Crippen molar-refractivity contribution in [3.63, 3.8) is 0 Å². The highest BCUT2D eigenvalue weighted by atomic mass is 16.4. The van der Waals surface area contributed by atoms with Gasteiger partial charge in [0.2, 0.25) is 0 Å². The third kappa shape index (κ3) is 4.14. The number of fused-ring (bicyclic) bond motifs is 1. The van der Waals surface area contributed by atoms with E-state index in [1.54, 1.807) is 34.7 Å². The Kier molecular flexibility index (Phi) is 5.45. The van der Waals surface area contributed by atoms with Crippen LogP contribution in [-0.2, 0) is 6.54 Å². The molecule has 0 saturated carbocycles. The lowest BCUT2D eigenvalue weighted by Gasteiger charge is -2.10. The molecule has 1 amide bonds. The number of amides is 1. The van der Waals surface area contributed by atoms with Crippen molar-refractivity contribution in [3.8, 4) is 11.4 Å². The summed E-state index contributed by atoms with van der Waals surface area (Å²) >= 11 is 0. The molecule has 8 nitrogen and oxygen atoms in total. The van der Waals surface area contributed by atoms with Crippen molar-refractivity contribution >= 4 is 29.8 Å². The van der Waals surface area contributed by atoms with Gasteiger partial charge in [-0.1, -0.05) is 30.3 Å². The van der Waals surface area contributed by atoms with E-state index >= 15 is 0 Å². The maximum atomic E-state index is 11.8. The fourth-order valence-electron chi connectivity index (χ4n) is 3.64. The Morgan fingerprint density at radius 1 is 1.13 bits per heavy atom. The second-order valence-electron chi connectivity index (χ2n) is 7.41. The molecule has 4 rings (SSSR count). The molecule has 0 bridgehead atoms. The minimum absolute atomic E-state index is 0.392. The third-order valence-corrected chi connectivity index (χ3v) is 5.05. The molecule has 0 aliphatic carbocycles. The monoisotopic (exact) mass is 415 g/mol. The lowest BCUT2D eigenvalue weighted by Crippen LogP contribution is -2.30. The molecule has 4 aromatic rings. The number of hydrogen-bond donors (Lipinski definition) is 4. The number of nitrogens with one attached hydrogen (secondary N) is 1. The summed E-state index contributed by atoms with van der Waals surface area (Å²) in [6.45, 7) is 4.29. The van der Waals surface area contributed by atoms with E-state index in [2.05, 4.69) is 15.3 Å². The van der Waals surface area contributed by atoms with Gasteiger partial charge in [-0.15, -0.1) is 0 Å². The minimum Gasteiger partial charge on any atom is -0.423 e. The van der Waals surface area contributed by atoms with Crippen LogP contribution in [0.2, 0.25) is 0 Å². The number of aromatic nitrogens is 3. The van der Waals surface area contributed by atoms with Crippen molar-refractivity contribution in [2.24, 2.45) is 5.73 Å². The molecule has 0 unspecified atom stereocenters. The number of primary amides is 1. The van der Waals surface area contributed by atoms with E-state index < -0.39 is 13.0 Å². The normalized spacial score (nSPS) is 11.0. The Morgan fingerprint density at radius 3 is 2.65 bits per heavy atom. The number of pyridine rings is 1.